The van der Waals surface area contributed by atoms with Crippen molar-refractivity contribution in [2.75, 3.05) is 0 Å². The number of allylic oxidation sites excluding steroid dienone is 1. The minimum Gasteiger partial charge on any atom is -0.411 e. The summed E-state index contributed by atoms with van der Waals surface area (Å²) >= 11 is 0. The van der Waals surface area contributed by atoms with Gasteiger partial charge in [-0.25, -0.2) is 0 Å². The van der Waals surface area contributed by atoms with Gasteiger partial charge in [0.1, 0.15) is 0 Å². The first-order chi connectivity index (χ1) is 10.2. The van der Waals surface area contributed by atoms with Gasteiger partial charge in [-0.15, -0.1) is 5.48 Å². The molecule has 5 heteroatoms. The highest BCUT2D eigenvalue weighted by Crippen LogP contribution is 2.56. The Morgan fingerprint density at radius 2 is 2.09 bits per heavy atom. The van der Waals surface area contributed by atoms with Crippen molar-refractivity contribution >= 4 is 11.7 Å². The maximum absolute atomic E-state index is 11.1. The molecule has 2 fully saturated rings. The largest absolute Gasteiger partial charge is 0.411 e. The zero-order chi connectivity index (χ0) is 16.5. The Hall–Kier alpha value is -1.36. The third-order valence-electron chi connectivity index (χ3n) is 5.58. The molecule has 0 saturated heterocycles. The second kappa shape index (κ2) is 6.03. The Bertz CT molecular complexity index is 498. The van der Waals surface area contributed by atoms with Gasteiger partial charge in [0.2, 0.25) is 0 Å². The third-order valence-corrected chi connectivity index (χ3v) is 5.58. The van der Waals surface area contributed by atoms with Crippen LogP contribution in [0.25, 0.3) is 0 Å². The number of carbonyl (C=O) groups is 1. The standard InChI is InChI=1S/C17H28N2O3/c1-11-6-7-15(18-21)17(5,19-22-12(2)20)9-8-14-13(11)10-16(14,3)4/h13-14,19,21H,1,6-10H2,2-5H3/b18-15+/t13-,14-,17+/m0/s1. The van der Waals surface area contributed by atoms with Gasteiger partial charge in [-0.3, -0.25) is 4.79 Å². The molecule has 0 bridgehead atoms. The van der Waals surface area contributed by atoms with Gasteiger partial charge in [-0.05, 0) is 56.3 Å². The zero-order valence-corrected chi connectivity index (χ0v) is 14.1. The van der Waals surface area contributed by atoms with Gasteiger partial charge >= 0.3 is 5.97 Å². The van der Waals surface area contributed by atoms with Gasteiger partial charge in [-0.1, -0.05) is 31.2 Å². The van der Waals surface area contributed by atoms with E-state index in [0.29, 0.717) is 29.4 Å². The normalized spacial score (nSPS) is 36.5. The number of carbonyl (C=O) groups excluding carboxylic acids is 1. The lowest BCUT2D eigenvalue weighted by molar-refractivity contribution is -0.151. The van der Waals surface area contributed by atoms with Crippen molar-refractivity contribution in [3.8, 4) is 0 Å². The predicted octanol–water partition coefficient (Wildman–Crippen LogP) is 3.44. The second-order valence-electron chi connectivity index (χ2n) is 7.68. The Morgan fingerprint density at radius 3 is 2.64 bits per heavy atom. The van der Waals surface area contributed by atoms with Crippen molar-refractivity contribution in [1.29, 1.82) is 0 Å². The molecular weight excluding hydrogens is 280 g/mol. The number of fused-ring (bicyclic) bond motifs is 1. The summed E-state index contributed by atoms with van der Waals surface area (Å²) in [5.41, 5.74) is 4.38. The van der Waals surface area contributed by atoms with Gasteiger partial charge in [0.25, 0.3) is 0 Å². The monoisotopic (exact) mass is 308 g/mol. The molecule has 0 aromatic rings. The maximum atomic E-state index is 11.1. The summed E-state index contributed by atoms with van der Waals surface area (Å²) in [7, 11) is 0. The van der Waals surface area contributed by atoms with E-state index in [4.69, 9.17) is 4.84 Å². The number of rotatable bonds is 2. The van der Waals surface area contributed by atoms with Crippen LogP contribution in [0.5, 0.6) is 0 Å². The highest BCUT2D eigenvalue weighted by atomic mass is 16.7. The first kappa shape index (κ1) is 17.0. The van der Waals surface area contributed by atoms with Crippen molar-refractivity contribution in [2.45, 2.75) is 65.3 Å². The van der Waals surface area contributed by atoms with E-state index >= 15 is 0 Å². The van der Waals surface area contributed by atoms with Crippen LogP contribution in [0.4, 0.5) is 0 Å². The molecule has 0 heterocycles. The molecule has 2 rings (SSSR count). The summed E-state index contributed by atoms with van der Waals surface area (Å²) in [4.78, 5) is 16.1. The van der Waals surface area contributed by atoms with Crippen molar-refractivity contribution in [1.82, 2.24) is 5.48 Å². The maximum Gasteiger partial charge on any atom is 0.321 e. The van der Waals surface area contributed by atoms with Crippen LogP contribution >= 0.6 is 0 Å². The van der Waals surface area contributed by atoms with Gasteiger partial charge in [0, 0.05) is 6.92 Å². The lowest BCUT2D eigenvalue weighted by Crippen LogP contribution is -2.51. The fourth-order valence-corrected chi connectivity index (χ4v) is 4.05. The van der Waals surface area contributed by atoms with Crippen LogP contribution in [0.15, 0.2) is 17.3 Å². The Morgan fingerprint density at radius 1 is 1.41 bits per heavy atom. The van der Waals surface area contributed by atoms with E-state index in [-0.39, 0.29) is 0 Å². The van der Waals surface area contributed by atoms with Crippen LogP contribution in [0, 0.1) is 17.3 Å². The molecule has 0 amide bonds. The molecule has 0 aromatic heterocycles. The Balaban J connectivity index is 2.22. The fraction of sp³-hybridized carbons (Fsp3) is 0.765. The molecule has 0 aliphatic heterocycles. The topological polar surface area (TPSA) is 70.9 Å². The average molecular weight is 308 g/mol. The molecule has 2 aliphatic carbocycles. The molecule has 0 radical (unpaired) electrons. The lowest BCUT2D eigenvalue weighted by atomic mass is 9.52. The summed E-state index contributed by atoms with van der Waals surface area (Å²) in [5, 5.41) is 12.9. The number of hydrogen-bond donors (Lipinski definition) is 2. The second-order valence-corrected chi connectivity index (χ2v) is 7.68. The van der Waals surface area contributed by atoms with Crippen LogP contribution in [0.2, 0.25) is 0 Å². The number of nitrogens with zero attached hydrogens (tertiary/aromatic N) is 1. The molecule has 0 aromatic carbocycles. The molecule has 22 heavy (non-hydrogen) atoms. The molecule has 2 aliphatic rings. The quantitative estimate of drug-likeness (QED) is 0.466. The highest BCUT2D eigenvalue weighted by Gasteiger charge is 2.49. The van der Waals surface area contributed by atoms with Gasteiger partial charge in [-0.2, -0.15) is 0 Å². The molecule has 124 valence electrons. The molecule has 2 saturated carbocycles. The van der Waals surface area contributed by atoms with E-state index < -0.39 is 11.5 Å². The SMILES string of the molecule is C=C1CC/C(=N\O)[C@](C)(NOC(C)=O)CC[C@H]2[C@H]1CC2(C)C. The zero-order valence-electron chi connectivity index (χ0n) is 14.1. The molecule has 5 nitrogen and oxygen atoms in total. The Kier molecular flexibility index (Phi) is 4.66. The van der Waals surface area contributed by atoms with Crippen LogP contribution in [0.1, 0.15) is 59.8 Å². The van der Waals surface area contributed by atoms with Gasteiger partial charge in [0.05, 0.1) is 11.3 Å². The van der Waals surface area contributed by atoms with E-state index in [1.807, 2.05) is 6.92 Å². The molecule has 2 N–H and O–H groups in total. The molecule has 0 unspecified atom stereocenters. The van der Waals surface area contributed by atoms with Crippen LogP contribution < -0.4 is 5.48 Å². The molecule has 3 atom stereocenters. The lowest BCUT2D eigenvalue weighted by Gasteiger charge is -2.53. The van der Waals surface area contributed by atoms with Crippen molar-refractivity contribution < 1.29 is 14.8 Å². The van der Waals surface area contributed by atoms with Crippen LogP contribution in [-0.4, -0.2) is 22.4 Å². The summed E-state index contributed by atoms with van der Waals surface area (Å²) in [5.74, 6) is 0.743. The minimum atomic E-state index is -0.638. The number of nitrogens with one attached hydrogen (secondary N) is 1. The number of hydroxylamine groups is 1. The Labute approximate surface area is 132 Å². The van der Waals surface area contributed by atoms with Gasteiger partial charge < -0.3 is 10.0 Å². The van der Waals surface area contributed by atoms with Crippen molar-refractivity contribution in [3.05, 3.63) is 12.2 Å². The third kappa shape index (κ3) is 3.19. The summed E-state index contributed by atoms with van der Waals surface area (Å²) in [6.07, 6.45) is 4.37. The smallest absolute Gasteiger partial charge is 0.321 e. The predicted molar refractivity (Wildman–Crippen MR) is 85.5 cm³/mol. The summed E-state index contributed by atoms with van der Waals surface area (Å²) < 4.78 is 0. The number of hydrogen-bond acceptors (Lipinski definition) is 5. The van der Waals surface area contributed by atoms with Crippen LogP contribution in [-0.2, 0) is 9.63 Å². The first-order valence-electron chi connectivity index (χ1n) is 8.03. The minimum absolute atomic E-state index is 0.316. The van der Waals surface area contributed by atoms with E-state index in [0.717, 1.165) is 19.3 Å². The average Bonchev–Trinajstić information content (AvgIpc) is 2.46. The van der Waals surface area contributed by atoms with Crippen molar-refractivity contribution in [2.24, 2.45) is 22.4 Å². The highest BCUT2D eigenvalue weighted by molar-refractivity contribution is 5.93. The van der Waals surface area contributed by atoms with E-state index in [2.05, 4.69) is 31.1 Å². The van der Waals surface area contributed by atoms with E-state index in [1.165, 1.54) is 18.9 Å². The fourth-order valence-electron chi connectivity index (χ4n) is 4.05. The molecule has 0 spiro atoms. The molecular formula is C17H28N2O3. The van der Waals surface area contributed by atoms with E-state index in [9.17, 15) is 10.0 Å². The van der Waals surface area contributed by atoms with Crippen LogP contribution in [0.3, 0.4) is 0 Å². The first-order valence-corrected chi connectivity index (χ1v) is 8.03. The number of oxime groups is 1. The van der Waals surface area contributed by atoms with E-state index in [1.54, 1.807) is 0 Å². The van der Waals surface area contributed by atoms with Crippen molar-refractivity contribution in [3.63, 3.8) is 0 Å². The summed E-state index contributed by atoms with van der Waals surface area (Å²) in [6.45, 7) is 12.1. The van der Waals surface area contributed by atoms with Gasteiger partial charge in [0.15, 0.2) is 0 Å². The summed E-state index contributed by atoms with van der Waals surface area (Å²) in [6, 6.07) is 0.